The smallest absolute Gasteiger partial charge is 0.0431 e. The zero-order valence-corrected chi connectivity index (χ0v) is 13.5. The lowest BCUT2D eigenvalue weighted by Gasteiger charge is -2.26. The summed E-state index contributed by atoms with van der Waals surface area (Å²) in [6, 6.07) is 7.41. The topological polar surface area (TPSA) is 49.5 Å². The number of hydrogen-bond donors (Lipinski definition) is 2. The fourth-order valence-corrected chi connectivity index (χ4v) is 3.54. The average molecular weight is 290 g/mol. The number of rotatable bonds is 7. The maximum absolute atomic E-state index is 8.99. The number of benzene rings is 1. The van der Waals surface area contributed by atoms with Crippen molar-refractivity contribution in [2.75, 3.05) is 19.7 Å². The number of aliphatic hydroxyl groups excluding tert-OH is 1. The van der Waals surface area contributed by atoms with Crippen molar-refractivity contribution in [3.05, 3.63) is 34.9 Å². The van der Waals surface area contributed by atoms with E-state index in [0.29, 0.717) is 12.6 Å². The standard InChI is InChI=1S/C18H30N2O/c1-14-11-15(2)13-16(12-14)18(19)7-9-20-8-3-5-17(20)6-4-10-21/h11-13,17-18,21H,3-10,19H2,1-2H3. The van der Waals surface area contributed by atoms with E-state index in [1.165, 1.54) is 36.1 Å². The molecular weight excluding hydrogens is 260 g/mol. The van der Waals surface area contributed by atoms with Crippen LogP contribution in [0.5, 0.6) is 0 Å². The van der Waals surface area contributed by atoms with E-state index < -0.39 is 0 Å². The minimum absolute atomic E-state index is 0.127. The third kappa shape index (κ3) is 4.80. The van der Waals surface area contributed by atoms with Crippen molar-refractivity contribution in [1.29, 1.82) is 0 Å². The van der Waals surface area contributed by atoms with Crippen LogP contribution in [0.1, 0.15) is 54.8 Å². The molecule has 1 aliphatic heterocycles. The van der Waals surface area contributed by atoms with Crippen LogP contribution >= 0.6 is 0 Å². The predicted molar refractivity (Wildman–Crippen MR) is 88.4 cm³/mol. The first-order valence-electron chi connectivity index (χ1n) is 8.29. The van der Waals surface area contributed by atoms with Gasteiger partial charge in [0.15, 0.2) is 0 Å². The summed E-state index contributed by atoms with van der Waals surface area (Å²) in [5, 5.41) is 8.99. The molecule has 2 unspecified atom stereocenters. The molecular formula is C18H30N2O. The second-order valence-corrected chi connectivity index (χ2v) is 6.51. The minimum atomic E-state index is 0.127. The van der Waals surface area contributed by atoms with Crippen LogP contribution in [0.3, 0.4) is 0 Å². The average Bonchev–Trinajstić information content (AvgIpc) is 2.88. The number of nitrogens with two attached hydrogens (primary N) is 1. The summed E-state index contributed by atoms with van der Waals surface area (Å²) in [5.41, 5.74) is 10.2. The highest BCUT2D eigenvalue weighted by molar-refractivity contribution is 5.30. The van der Waals surface area contributed by atoms with Crippen LogP contribution in [-0.4, -0.2) is 35.7 Å². The highest BCUT2D eigenvalue weighted by atomic mass is 16.2. The monoisotopic (exact) mass is 290 g/mol. The normalized spacial score (nSPS) is 20.9. The second-order valence-electron chi connectivity index (χ2n) is 6.51. The van der Waals surface area contributed by atoms with E-state index in [-0.39, 0.29) is 6.04 Å². The number of likely N-dealkylation sites (tertiary alicyclic amines) is 1. The third-order valence-corrected chi connectivity index (χ3v) is 4.59. The number of aryl methyl sites for hydroxylation is 2. The van der Waals surface area contributed by atoms with Crippen LogP contribution in [-0.2, 0) is 0 Å². The molecule has 21 heavy (non-hydrogen) atoms. The van der Waals surface area contributed by atoms with Crippen LogP contribution in [0.4, 0.5) is 0 Å². The van der Waals surface area contributed by atoms with Gasteiger partial charge in [-0.2, -0.15) is 0 Å². The molecule has 3 nitrogen and oxygen atoms in total. The van der Waals surface area contributed by atoms with Gasteiger partial charge in [-0.25, -0.2) is 0 Å². The highest BCUT2D eigenvalue weighted by Gasteiger charge is 2.24. The molecule has 0 amide bonds. The highest BCUT2D eigenvalue weighted by Crippen LogP contribution is 2.24. The molecule has 1 heterocycles. The molecule has 2 atom stereocenters. The Bertz CT molecular complexity index is 427. The zero-order chi connectivity index (χ0) is 15.2. The van der Waals surface area contributed by atoms with E-state index in [9.17, 15) is 0 Å². The lowest BCUT2D eigenvalue weighted by atomic mass is 9.99. The molecule has 3 N–H and O–H groups in total. The fourth-order valence-electron chi connectivity index (χ4n) is 3.54. The van der Waals surface area contributed by atoms with Crippen LogP contribution in [0.25, 0.3) is 0 Å². The first-order valence-corrected chi connectivity index (χ1v) is 8.29. The number of aliphatic hydroxyl groups is 1. The molecule has 1 aromatic carbocycles. The third-order valence-electron chi connectivity index (χ3n) is 4.59. The molecule has 0 saturated carbocycles. The van der Waals surface area contributed by atoms with Gasteiger partial charge in [0.2, 0.25) is 0 Å². The summed E-state index contributed by atoms with van der Waals surface area (Å²) >= 11 is 0. The summed E-state index contributed by atoms with van der Waals surface area (Å²) in [6.45, 7) is 6.84. The summed E-state index contributed by atoms with van der Waals surface area (Å²) < 4.78 is 0. The van der Waals surface area contributed by atoms with E-state index >= 15 is 0 Å². The quantitative estimate of drug-likeness (QED) is 0.812. The van der Waals surface area contributed by atoms with Crippen molar-refractivity contribution >= 4 is 0 Å². The van der Waals surface area contributed by atoms with Gasteiger partial charge in [0.25, 0.3) is 0 Å². The van der Waals surface area contributed by atoms with Gasteiger partial charge >= 0.3 is 0 Å². The Kier molecular flexibility index (Phi) is 6.22. The Hall–Kier alpha value is -0.900. The maximum atomic E-state index is 8.99. The summed E-state index contributed by atoms with van der Waals surface area (Å²) in [4.78, 5) is 2.57. The van der Waals surface area contributed by atoms with Gasteiger partial charge in [-0.3, -0.25) is 0 Å². The first-order chi connectivity index (χ1) is 10.1. The zero-order valence-electron chi connectivity index (χ0n) is 13.5. The largest absolute Gasteiger partial charge is 0.396 e. The van der Waals surface area contributed by atoms with Crippen molar-refractivity contribution in [3.63, 3.8) is 0 Å². The Morgan fingerprint density at radius 1 is 1.29 bits per heavy atom. The predicted octanol–water partition coefficient (Wildman–Crippen LogP) is 2.93. The van der Waals surface area contributed by atoms with Gasteiger partial charge in [-0.05, 0) is 58.1 Å². The van der Waals surface area contributed by atoms with Crippen LogP contribution in [0.2, 0.25) is 0 Å². The molecule has 1 saturated heterocycles. The molecule has 0 aromatic heterocycles. The lowest BCUT2D eigenvalue weighted by Crippen LogP contribution is -2.32. The summed E-state index contributed by atoms with van der Waals surface area (Å²) in [7, 11) is 0. The Morgan fingerprint density at radius 2 is 2.00 bits per heavy atom. The van der Waals surface area contributed by atoms with Crippen LogP contribution < -0.4 is 5.73 Å². The lowest BCUT2D eigenvalue weighted by molar-refractivity contribution is 0.211. The van der Waals surface area contributed by atoms with Gasteiger partial charge in [0, 0.05) is 25.2 Å². The van der Waals surface area contributed by atoms with Crippen LogP contribution in [0, 0.1) is 13.8 Å². The van der Waals surface area contributed by atoms with E-state index in [4.69, 9.17) is 10.8 Å². The molecule has 3 heteroatoms. The Labute approximate surface area is 129 Å². The number of nitrogens with zero attached hydrogens (tertiary/aromatic N) is 1. The summed E-state index contributed by atoms with van der Waals surface area (Å²) in [5.74, 6) is 0. The summed E-state index contributed by atoms with van der Waals surface area (Å²) in [6.07, 6.45) is 5.62. The molecule has 1 fully saturated rings. The number of hydrogen-bond acceptors (Lipinski definition) is 3. The molecule has 1 aliphatic rings. The second kappa shape index (κ2) is 7.92. The van der Waals surface area contributed by atoms with Crippen molar-refractivity contribution in [2.45, 2.75) is 58.0 Å². The minimum Gasteiger partial charge on any atom is -0.396 e. The van der Waals surface area contributed by atoms with Crippen molar-refractivity contribution in [1.82, 2.24) is 4.90 Å². The molecule has 0 bridgehead atoms. The SMILES string of the molecule is Cc1cc(C)cc(C(N)CCN2CCCC2CCCO)c1. The van der Waals surface area contributed by atoms with Gasteiger partial charge < -0.3 is 15.7 Å². The van der Waals surface area contributed by atoms with E-state index in [1.54, 1.807) is 0 Å². The molecule has 0 spiro atoms. The van der Waals surface area contributed by atoms with Crippen molar-refractivity contribution < 1.29 is 5.11 Å². The first kappa shape index (κ1) is 16.5. The Morgan fingerprint density at radius 3 is 2.67 bits per heavy atom. The maximum Gasteiger partial charge on any atom is 0.0431 e. The van der Waals surface area contributed by atoms with Gasteiger partial charge in [0.05, 0.1) is 0 Å². The molecule has 0 aliphatic carbocycles. The van der Waals surface area contributed by atoms with Gasteiger partial charge in [-0.15, -0.1) is 0 Å². The van der Waals surface area contributed by atoms with Crippen molar-refractivity contribution in [2.24, 2.45) is 5.73 Å². The van der Waals surface area contributed by atoms with E-state index in [2.05, 4.69) is 36.9 Å². The molecule has 1 aromatic rings. The molecule has 0 radical (unpaired) electrons. The molecule has 2 rings (SSSR count). The fraction of sp³-hybridized carbons (Fsp3) is 0.667. The van der Waals surface area contributed by atoms with Crippen LogP contribution in [0.15, 0.2) is 18.2 Å². The Balaban J connectivity index is 1.86. The van der Waals surface area contributed by atoms with Crippen molar-refractivity contribution in [3.8, 4) is 0 Å². The van der Waals surface area contributed by atoms with Gasteiger partial charge in [-0.1, -0.05) is 29.3 Å². The molecule has 118 valence electrons. The van der Waals surface area contributed by atoms with E-state index in [1.807, 2.05) is 0 Å². The van der Waals surface area contributed by atoms with E-state index in [0.717, 1.165) is 25.8 Å². The van der Waals surface area contributed by atoms with Gasteiger partial charge in [0.1, 0.15) is 0 Å².